The summed E-state index contributed by atoms with van der Waals surface area (Å²) in [5.41, 5.74) is 8.90. The summed E-state index contributed by atoms with van der Waals surface area (Å²) in [7, 11) is 0. The van der Waals surface area contributed by atoms with E-state index in [-0.39, 0.29) is 6.15 Å². The van der Waals surface area contributed by atoms with Gasteiger partial charge in [-0.15, -0.1) is 0 Å². The Morgan fingerprint density at radius 1 is 0.943 bits per heavy atom. The van der Waals surface area contributed by atoms with Crippen molar-refractivity contribution in [3.63, 3.8) is 0 Å². The van der Waals surface area contributed by atoms with Gasteiger partial charge in [-0.05, 0) is 69.4 Å². The number of nitrogens with zero attached hydrogens (tertiary/aromatic N) is 3. The van der Waals surface area contributed by atoms with Gasteiger partial charge in [0.15, 0.2) is 0 Å². The van der Waals surface area contributed by atoms with E-state index < -0.39 is 0 Å². The average Bonchev–Trinajstić information content (AvgIpc) is 3.22. The third-order valence-corrected chi connectivity index (χ3v) is 6.79. The fourth-order valence-electron chi connectivity index (χ4n) is 5.05. The second-order valence-corrected chi connectivity index (χ2v) is 9.58. The predicted octanol–water partition coefficient (Wildman–Crippen LogP) is 4.96. The number of benzene rings is 2. The van der Waals surface area contributed by atoms with Crippen LogP contribution in [0.1, 0.15) is 59.5 Å². The van der Waals surface area contributed by atoms with E-state index in [1.807, 2.05) is 0 Å². The van der Waals surface area contributed by atoms with Crippen LogP contribution in [0, 0.1) is 13.8 Å². The Hall–Kier alpha value is -3.34. The molecule has 0 atom stereocenters. The number of hydrogen-bond donors (Lipinski definition) is 1. The number of fused-ring (bicyclic) bond motifs is 3. The molecule has 0 unspecified atom stereocenters. The van der Waals surface area contributed by atoms with E-state index in [0.717, 1.165) is 37.4 Å². The van der Waals surface area contributed by atoms with Crippen LogP contribution in [0.3, 0.4) is 0 Å². The maximum Gasteiger partial charge on any atom is 0.373 e. The Morgan fingerprint density at radius 3 is 2.40 bits per heavy atom. The van der Waals surface area contributed by atoms with E-state index in [9.17, 15) is 0 Å². The van der Waals surface area contributed by atoms with Gasteiger partial charge < -0.3 is 10.2 Å². The Bertz CT molecular complexity index is 1180. The first-order chi connectivity index (χ1) is 17.1. The highest BCUT2D eigenvalue weighted by Crippen LogP contribution is 2.40. The number of carbonyl (C=O) groups excluding carboxylic acids is 2. The quantitative estimate of drug-likeness (QED) is 0.385. The lowest BCUT2D eigenvalue weighted by atomic mass is 10.0. The number of likely N-dealkylation sites (tertiary alicyclic amines) is 1. The van der Waals surface area contributed by atoms with Crippen LogP contribution < -0.4 is 5.32 Å². The van der Waals surface area contributed by atoms with Gasteiger partial charge in [-0.25, -0.2) is 9.97 Å². The van der Waals surface area contributed by atoms with Crippen molar-refractivity contribution in [3.8, 4) is 11.1 Å². The zero-order valence-electron chi connectivity index (χ0n) is 20.8. The molecule has 35 heavy (non-hydrogen) atoms. The third kappa shape index (κ3) is 6.41. The van der Waals surface area contributed by atoms with E-state index in [2.05, 4.69) is 66.5 Å². The predicted molar refractivity (Wildman–Crippen MR) is 137 cm³/mol. The molecule has 1 aromatic heterocycles. The molecule has 6 heteroatoms. The van der Waals surface area contributed by atoms with E-state index >= 15 is 0 Å². The van der Waals surface area contributed by atoms with E-state index in [0.29, 0.717) is 0 Å². The minimum absolute atomic E-state index is 0.250. The average molecular weight is 471 g/mol. The van der Waals surface area contributed by atoms with Gasteiger partial charge in [0.25, 0.3) is 0 Å². The second-order valence-electron chi connectivity index (χ2n) is 9.58. The largest absolute Gasteiger partial charge is 0.373 e. The van der Waals surface area contributed by atoms with Crippen LogP contribution in [0.4, 0.5) is 5.82 Å². The number of rotatable bonds is 7. The molecule has 0 radical (unpaired) electrons. The third-order valence-electron chi connectivity index (χ3n) is 6.79. The molecule has 0 saturated carbocycles. The summed E-state index contributed by atoms with van der Waals surface area (Å²) in [6.07, 6.45) is 7.16. The summed E-state index contributed by atoms with van der Waals surface area (Å²) in [6.45, 7) is 8.93. The molecule has 2 aliphatic rings. The van der Waals surface area contributed by atoms with Crippen molar-refractivity contribution in [2.75, 3.05) is 31.5 Å². The minimum atomic E-state index is 0.250. The summed E-state index contributed by atoms with van der Waals surface area (Å²) in [4.78, 5) is 28.9. The smallest absolute Gasteiger partial charge is 0.369 e. The number of aryl methyl sites for hydroxylation is 2. The van der Waals surface area contributed by atoms with Crippen molar-refractivity contribution < 1.29 is 9.59 Å². The molecule has 6 nitrogen and oxygen atoms in total. The molecule has 5 rings (SSSR count). The van der Waals surface area contributed by atoms with Crippen molar-refractivity contribution in [2.24, 2.45) is 0 Å². The molecule has 2 aromatic carbocycles. The number of nitrogens with one attached hydrogen (secondary N) is 1. The van der Waals surface area contributed by atoms with Gasteiger partial charge in [-0.3, -0.25) is 0 Å². The van der Waals surface area contributed by atoms with Crippen molar-refractivity contribution in [1.82, 2.24) is 14.9 Å². The first-order valence-electron chi connectivity index (χ1n) is 12.6. The monoisotopic (exact) mass is 470 g/mol. The van der Waals surface area contributed by atoms with Crippen LogP contribution in [-0.2, 0) is 22.4 Å². The summed E-state index contributed by atoms with van der Waals surface area (Å²) in [5.74, 6) is 1.93. The number of anilines is 1. The van der Waals surface area contributed by atoms with Gasteiger partial charge in [-0.1, -0.05) is 60.0 Å². The highest BCUT2D eigenvalue weighted by Gasteiger charge is 2.25. The van der Waals surface area contributed by atoms with Gasteiger partial charge in [0.05, 0.1) is 5.69 Å². The minimum Gasteiger partial charge on any atom is -0.369 e. The van der Waals surface area contributed by atoms with Gasteiger partial charge in [0, 0.05) is 24.9 Å². The molecule has 2 heterocycles. The molecule has 1 N–H and O–H groups in total. The van der Waals surface area contributed by atoms with E-state index in [4.69, 9.17) is 19.6 Å². The van der Waals surface area contributed by atoms with Crippen LogP contribution in [0.25, 0.3) is 11.1 Å². The molecular weight excluding hydrogens is 436 g/mol. The molecule has 3 aromatic rings. The first kappa shape index (κ1) is 24.8. The lowest BCUT2D eigenvalue weighted by molar-refractivity contribution is -0.191. The molecule has 1 fully saturated rings. The molecule has 1 aliphatic carbocycles. The summed E-state index contributed by atoms with van der Waals surface area (Å²) < 4.78 is 0. The Balaban J connectivity index is 0.000000917. The van der Waals surface area contributed by atoms with Crippen molar-refractivity contribution >= 4 is 12.0 Å². The fraction of sp³-hybridized carbons (Fsp3) is 0.414. The van der Waals surface area contributed by atoms with E-state index in [1.165, 1.54) is 78.0 Å². The Labute approximate surface area is 207 Å². The second kappa shape index (κ2) is 11.9. The summed E-state index contributed by atoms with van der Waals surface area (Å²) >= 11 is 0. The number of aromatic nitrogens is 2. The topological polar surface area (TPSA) is 75.2 Å². The van der Waals surface area contributed by atoms with Crippen LogP contribution >= 0.6 is 0 Å². The zero-order valence-corrected chi connectivity index (χ0v) is 20.8. The van der Waals surface area contributed by atoms with Crippen LogP contribution in [0.5, 0.6) is 0 Å². The normalized spacial score (nSPS) is 14.3. The maximum atomic E-state index is 8.12. The lowest BCUT2D eigenvalue weighted by Gasteiger charge is -2.26. The van der Waals surface area contributed by atoms with Crippen LogP contribution in [-0.4, -0.2) is 47.2 Å². The highest BCUT2D eigenvalue weighted by molar-refractivity contribution is 5.84. The van der Waals surface area contributed by atoms with Crippen LogP contribution in [0.2, 0.25) is 0 Å². The molecule has 1 saturated heterocycles. The first-order valence-corrected chi connectivity index (χ1v) is 12.6. The molecule has 0 spiro atoms. The Morgan fingerprint density at radius 2 is 1.66 bits per heavy atom. The van der Waals surface area contributed by atoms with E-state index in [1.54, 1.807) is 0 Å². The molecule has 0 bridgehead atoms. The summed E-state index contributed by atoms with van der Waals surface area (Å²) in [5, 5.41) is 3.70. The van der Waals surface area contributed by atoms with Crippen molar-refractivity contribution in [2.45, 2.75) is 52.4 Å². The van der Waals surface area contributed by atoms with Gasteiger partial charge in [-0.2, -0.15) is 9.59 Å². The Kier molecular flexibility index (Phi) is 8.40. The molecule has 182 valence electrons. The number of piperidine rings is 1. The number of hydrogen-bond acceptors (Lipinski definition) is 6. The maximum absolute atomic E-state index is 8.12. The molecular formula is C29H34N4O2. The van der Waals surface area contributed by atoms with Crippen molar-refractivity contribution in [3.05, 3.63) is 76.2 Å². The zero-order chi connectivity index (χ0) is 24.6. The molecule has 0 amide bonds. The highest BCUT2D eigenvalue weighted by atomic mass is 16.2. The SMILES string of the molecule is Cc1ccc(Cc2nc3c(c(NCCCN4CCCCC4)n2)-c2ccc(C)cc2C3)cc1.O=C=O. The fourth-order valence-corrected chi connectivity index (χ4v) is 5.05. The van der Waals surface area contributed by atoms with Crippen molar-refractivity contribution in [1.29, 1.82) is 0 Å². The standard InChI is InChI=1S/C28H34N4.CO2/c1-20-7-10-22(11-8-20)18-26-30-25-19-23-17-21(2)9-12-24(23)27(25)28(31-26)29-13-6-16-32-14-4-3-5-15-32;2-1-3/h7-12,17H,3-6,13-16,18-19H2,1-2H3,(H,29,30,31);. The van der Waals surface area contributed by atoms with Gasteiger partial charge in [0.1, 0.15) is 11.6 Å². The molecule has 1 aliphatic heterocycles. The van der Waals surface area contributed by atoms with Gasteiger partial charge >= 0.3 is 6.15 Å². The lowest BCUT2D eigenvalue weighted by Crippen LogP contribution is -2.31. The van der Waals surface area contributed by atoms with Crippen LogP contribution in [0.15, 0.2) is 42.5 Å². The summed E-state index contributed by atoms with van der Waals surface area (Å²) in [6, 6.07) is 15.5. The van der Waals surface area contributed by atoms with Gasteiger partial charge in [0.2, 0.25) is 0 Å².